The van der Waals surface area contributed by atoms with E-state index < -0.39 is 53.0 Å². The number of nitrogens with zero attached hydrogens (tertiary/aromatic N) is 2. The zero-order valence-corrected chi connectivity index (χ0v) is 17.6. The molecule has 2 fully saturated rings. The van der Waals surface area contributed by atoms with E-state index in [0.717, 1.165) is 12.8 Å². The molecule has 174 valence electrons. The van der Waals surface area contributed by atoms with Crippen LogP contribution in [0.5, 0.6) is 5.75 Å². The molecule has 1 aliphatic carbocycles. The number of hydrogen-bond donors (Lipinski definition) is 1. The van der Waals surface area contributed by atoms with E-state index in [1.54, 1.807) is 4.90 Å². The summed E-state index contributed by atoms with van der Waals surface area (Å²) in [5.74, 6) is -5.01. The first-order valence-corrected chi connectivity index (χ1v) is 10.5. The Morgan fingerprint density at radius 3 is 2.52 bits per heavy atom. The Morgan fingerprint density at radius 1 is 1.18 bits per heavy atom. The molecule has 3 heterocycles. The van der Waals surface area contributed by atoms with Gasteiger partial charge in [0.1, 0.15) is 23.0 Å². The van der Waals surface area contributed by atoms with Crippen LogP contribution in [0, 0.1) is 17.5 Å². The SMILES string of the molecule is COc1c2n(cc(C(=O)NCc3c(F)cc(F)cc3F)c1=O)[C@@H]1CCO[C@@H]1N(C1CC1)C2=O. The Morgan fingerprint density at radius 2 is 1.88 bits per heavy atom. The maximum atomic E-state index is 13.9. The van der Waals surface area contributed by atoms with Gasteiger partial charge in [-0.2, -0.15) is 0 Å². The van der Waals surface area contributed by atoms with Crippen molar-refractivity contribution in [2.75, 3.05) is 13.7 Å². The maximum absolute atomic E-state index is 13.9. The van der Waals surface area contributed by atoms with Crippen LogP contribution in [0.1, 0.15) is 51.7 Å². The minimum Gasteiger partial charge on any atom is -0.491 e. The van der Waals surface area contributed by atoms with Crippen molar-refractivity contribution < 1.29 is 32.2 Å². The number of hydrogen-bond acceptors (Lipinski definition) is 5. The molecule has 1 aromatic carbocycles. The van der Waals surface area contributed by atoms with Crippen LogP contribution < -0.4 is 15.5 Å². The van der Waals surface area contributed by atoms with Crippen LogP contribution in [0.25, 0.3) is 0 Å². The zero-order chi connectivity index (χ0) is 23.4. The van der Waals surface area contributed by atoms with Crippen molar-refractivity contribution in [2.24, 2.45) is 0 Å². The molecule has 2 aliphatic heterocycles. The normalized spacial score (nSPS) is 21.6. The summed E-state index contributed by atoms with van der Waals surface area (Å²) in [6.07, 6.45) is 3.02. The summed E-state index contributed by atoms with van der Waals surface area (Å²) in [6, 6.07) is 0.726. The molecule has 0 bridgehead atoms. The number of fused-ring (bicyclic) bond motifs is 3. The Labute approximate surface area is 185 Å². The molecular formula is C22H20F3N3O5. The minimum atomic E-state index is -1.16. The molecule has 1 saturated carbocycles. The highest BCUT2D eigenvalue weighted by Crippen LogP contribution is 2.42. The Hall–Kier alpha value is -3.34. The third-order valence-corrected chi connectivity index (χ3v) is 6.21. The lowest BCUT2D eigenvalue weighted by Crippen LogP contribution is -2.52. The third kappa shape index (κ3) is 3.47. The number of carbonyl (C=O) groups excluding carboxylic acids is 2. The fraction of sp³-hybridized carbons (Fsp3) is 0.409. The van der Waals surface area contributed by atoms with Gasteiger partial charge in [-0.05, 0) is 19.3 Å². The lowest BCUT2D eigenvalue weighted by molar-refractivity contribution is -0.0387. The quantitative estimate of drug-likeness (QED) is 0.734. The number of benzene rings is 1. The largest absolute Gasteiger partial charge is 0.491 e. The highest BCUT2D eigenvalue weighted by molar-refractivity contribution is 5.99. The van der Waals surface area contributed by atoms with E-state index >= 15 is 0 Å². The number of aromatic nitrogens is 1. The van der Waals surface area contributed by atoms with Crippen LogP contribution in [0.2, 0.25) is 0 Å². The second kappa shape index (κ2) is 7.91. The summed E-state index contributed by atoms with van der Waals surface area (Å²) in [7, 11) is 1.23. The van der Waals surface area contributed by atoms with Gasteiger partial charge >= 0.3 is 0 Å². The van der Waals surface area contributed by atoms with Crippen molar-refractivity contribution in [1.29, 1.82) is 0 Å². The number of amides is 2. The molecule has 8 nitrogen and oxygen atoms in total. The van der Waals surface area contributed by atoms with Gasteiger partial charge < -0.3 is 24.3 Å². The molecule has 0 unspecified atom stereocenters. The Bertz CT molecular complexity index is 1200. The van der Waals surface area contributed by atoms with E-state index in [1.807, 2.05) is 0 Å². The standard InChI is InChI=1S/C22H20F3N3O5/c1-32-19-17-21(31)28(11-2-3-11)22-16(4-5-33-22)27(17)9-13(18(19)29)20(30)26-8-12-14(24)6-10(23)7-15(12)25/h6-7,9,11,16,22H,2-5,8H2,1H3,(H,26,30)/t16-,22+/m1/s1. The molecule has 0 radical (unpaired) electrons. The smallest absolute Gasteiger partial charge is 0.276 e. The van der Waals surface area contributed by atoms with Gasteiger partial charge in [0.2, 0.25) is 5.43 Å². The van der Waals surface area contributed by atoms with Crippen LogP contribution in [0.4, 0.5) is 13.2 Å². The van der Waals surface area contributed by atoms with E-state index in [9.17, 15) is 27.6 Å². The number of ether oxygens (including phenoxy) is 2. The summed E-state index contributed by atoms with van der Waals surface area (Å²) in [4.78, 5) is 40.8. The second-order valence-corrected chi connectivity index (χ2v) is 8.25. The summed E-state index contributed by atoms with van der Waals surface area (Å²) >= 11 is 0. The highest BCUT2D eigenvalue weighted by Gasteiger charge is 2.50. The van der Waals surface area contributed by atoms with Crippen LogP contribution in [-0.2, 0) is 11.3 Å². The number of pyridine rings is 1. The Balaban J connectivity index is 1.51. The lowest BCUT2D eigenvalue weighted by Gasteiger charge is -2.39. The summed E-state index contributed by atoms with van der Waals surface area (Å²) in [5, 5.41) is 2.29. The van der Waals surface area contributed by atoms with Crippen molar-refractivity contribution >= 4 is 11.8 Å². The van der Waals surface area contributed by atoms with Gasteiger partial charge in [-0.15, -0.1) is 0 Å². The molecule has 5 rings (SSSR count). The maximum Gasteiger partial charge on any atom is 0.276 e. The monoisotopic (exact) mass is 463 g/mol. The molecule has 2 aromatic rings. The van der Waals surface area contributed by atoms with Gasteiger partial charge in [0, 0.05) is 36.5 Å². The van der Waals surface area contributed by atoms with Gasteiger partial charge in [-0.25, -0.2) is 13.2 Å². The van der Waals surface area contributed by atoms with Crippen LogP contribution in [0.3, 0.4) is 0 Å². The van der Waals surface area contributed by atoms with E-state index in [2.05, 4.69) is 5.32 Å². The number of nitrogens with one attached hydrogen (secondary N) is 1. The lowest BCUT2D eigenvalue weighted by atomic mass is 10.0. The first kappa shape index (κ1) is 21.5. The van der Waals surface area contributed by atoms with Gasteiger partial charge in [0.05, 0.1) is 19.8 Å². The van der Waals surface area contributed by atoms with Crippen molar-refractivity contribution in [3.05, 3.63) is 62.8 Å². The first-order valence-electron chi connectivity index (χ1n) is 10.5. The zero-order valence-electron chi connectivity index (χ0n) is 17.6. The molecule has 11 heteroatoms. The molecule has 0 spiro atoms. The van der Waals surface area contributed by atoms with Gasteiger partial charge in [-0.3, -0.25) is 14.4 Å². The summed E-state index contributed by atoms with van der Waals surface area (Å²) < 4.78 is 53.5. The average molecular weight is 463 g/mol. The van der Waals surface area contributed by atoms with Crippen molar-refractivity contribution in [2.45, 2.75) is 44.1 Å². The fourth-order valence-corrected chi connectivity index (χ4v) is 4.50. The van der Waals surface area contributed by atoms with Crippen LogP contribution >= 0.6 is 0 Å². The van der Waals surface area contributed by atoms with Gasteiger partial charge in [0.15, 0.2) is 17.7 Å². The molecule has 1 aromatic heterocycles. The number of halogens is 3. The van der Waals surface area contributed by atoms with Crippen molar-refractivity contribution in [1.82, 2.24) is 14.8 Å². The number of rotatable bonds is 5. The van der Waals surface area contributed by atoms with Crippen LogP contribution in [-0.4, -0.2) is 47.3 Å². The molecule has 3 aliphatic rings. The molecule has 2 atom stereocenters. The first-order chi connectivity index (χ1) is 15.8. The van der Waals surface area contributed by atoms with E-state index in [-0.39, 0.29) is 29.1 Å². The predicted molar refractivity (Wildman–Crippen MR) is 107 cm³/mol. The van der Waals surface area contributed by atoms with E-state index in [1.165, 1.54) is 17.9 Å². The third-order valence-electron chi connectivity index (χ3n) is 6.21. The van der Waals surface area contributed by atoms with Crippen LogP contribution in [0.15, 0.2) is 23.1 Å². The molecule has 33 heavy (non-hydrogen) atoms. The molecule has 1 saturated heterocycles. The Kier molecular flexibility index (Phi) is 5.15. The highest BCUT2D eigenvalue weighted by atomic mass is 19.1. The number of methoxy groups -OCH3 is 1. The average Bonchev–Trinajstić information content (AvgIpc) is 3.48. The fourth-order valence-electron chi connectivity index (χ4n) is 4.50. The van der Waals surface area contributed by atoms with E-state index in [4.69, 9.17) is 9.47 Å². The number of carbonyl (C=O) groups is 2. The molecular weight excluding hydrogens is 443 g/mol. The summed E-state index contributed by atoms with van der Waals surface area (Å²) in [6.45, 7) is -0.200. The van der Waals surface area contributed by atoms with Gasteiger partial charge in [-0.1, -0.05) is 0 Å². The summed E-state index contributed by atoms with van der Waals surface area (Å²) in [5.41, 5.74) is -1.66. The van der Waals surface area contributed by atoms with Crippen molar-refractivity contribution in [3.8, 4) is 5.75 Å². The predicted octanol–water partition coefficient (Wildman–Crippen LogP) is 2.11. The van der Waals surface area contributed by atoms with Gasteiger partial charge in [0.25, 0.3) is 11.8 Å². The van der Waals surface area contributed by atoms with E-state index in [0.29, 0.717) is 25.2 Å². The second-order valence-electron chi connectivity index (χ2n) is 8.25. The molecule has 1 N–H and O–H groups in total. The molecule has 2 amide bonds. The van der Waals surface area contributed by atoms with Crippen molar-refractivity contribution in [3.63, 3.8) is 0 Å². The minimum absolute atomic E-state index is 0.0418. The topological polar surface area (TPSA) is 89.9 Å².